The number of nitrogens with zero attached hydrogens (tertiary/aromatic N) is 1. The molecule has 1 heterocycles. The van der Waals surface area contributed by atoms with E-state index in [1.807, 2.05) is 18.2 Å². The fourth-order valence-corrected chi connectivity index (χ4v) is 2.03. The van der Waals surface area contributed by atoms with Crippen LogP contribution in [0.3, 0.4) is 0 Å². The zero-order valence-electron chi connectivity index (χ0n) is 11.3. The van der Waals surface area contributed by atoms with Gasteiger partial charge < -0.3 is 9.73 Å². The van der Waals surface area contributed by atoms with Crippen LogP contribution < -0.4 is 5.32 Å². The van der Waals surface area contributed by atoms with Crippen molar-refractivity contribution in [2.75, 3.05) is 26.7 Å². The average Bonchev–Trinajstić information content (AvgIpc) is 2.76. The fraction of sp³-hybridized carbons (Fsp3) is 0.467. The summed E-state index contributed by atoms with van der Waals surface area (Å²) in [5.74, 6) is 1.04. The van der Waals surface area contributed by atoms with Crippen molar-refractivity contribution in [3.8, 4) is 0 Å². The number of hydrogen-bond acceptors (Lipinski definition) is 3. The van der Waals surface area contributed by atoms with Crippen LogP contribution in [0.15, 0.2) is 34.7 Å². The molecule has 0 saturated carbocycles. The predicted molar refractivity (Wildman–Crippen MR) is 75.7 cm³/mol. The Labute approximate surface area is 109 Å². The summed E-state index contributed by atoms with van der Waals surface area (Å²) >= 11 is 0. The first-order valence-corrected chi connectivity index (χ1v) is 6.66. The van der Waals surface area contributed by atoms with Gasteiger partial charge in [-0.05, 0) is 32.1 Å². The van der Waals surface area contributed by atoms with E-state index in [0.717, 1.165) is 37.5 Å². The normalized spacial score (nSPS) is 11.5. The molecule has 1 aromatic heterocycles. The molecule has 3 heteroatoms. The summed E-state index contributed by atoms with van der Waals surface area (Å²) in [6.07, 6.45) is 1.19. The van der Waals surface area contributed by atoms with E-state index < -0.39 is 0 Å². The third kappa shape index (κ3) is 3.59. The van der Waals surface area contributed by atoms with Crippen LogP contribution in [0, 0.1) is 0 Å². The van der Waals surface area contributed by atoms with Gasteiger partial charge in [0, 0.05) is 18.5 Å². The van der Waals surface area contributed by atoms with Gasteiger partial charge in [-0.2, -0.15) is 0 Å². The number of rotatable bonds is 7. The van der Waals surface area contributed by atoms with Crippen LogP contribution in [0.5, 0.6) is 0 Å². The number of nitrogens with one attached hydrogen (secondary N) is 1. The predicted octanol–water partition coefficient (Wildman–Crippen LogP) is 2.86. The number of likely N-dealkylation sites (N-methyl/N-ethyl adjacent to an activating group) is 1. The first kappa shape index (κ1) is 13.1. The van der Waals surface area contributed by atoms with Crippen LogP contribution in [0.25, 0.3) is 11.0 Å². The second-order valence-electron chi connectivity index (χ2n) is 4.74. The summed E-state index contributed by atoms with van der Waals surface area (Å²) in [6.45, 7) is 6.22. The van der Waals surface area contributed by atoms with Crippen molar-refractivity contribution in [3.63, 3.8) is 0 Å². The van der Waals surface area contributed by atoms with E-state index in [2.05, 4.69) is 36.3 Å². The molecule has 0 radical (unpaired) electrons. The van der Waals surface area contributed by atoms with Gasteiger partial charge in [-0.15, -0.1) is 0 Å². The quantitative estimate of drug-likeness (QED) is 0.761. The van der Waals surface area contributed by atoms with Crippen LogP contribution in [-0.2, 0) is 6.54 Å². The van der Waals surface area contributed by atoms with Crippen LogP contribution in [0.1, 0.15) is 19.1 Å². The Kier molecular flexibility index (Phi) is 4.79. The Morgan fingerprint density at radius 1 is 1.22 bits per heavy atom. The lowest BCUT2D eigenvalue weighted by molar-refractivity contribution is 0.298. The van der Waals surface area contributed by atoms with Crippen LogP contribution in [-0.4, -0.2) is 31.6 Å². The van der Waals surface area contributed by atoms with Crippen molar-refractivity contribution in [3.05, 3.63) is 36.1 Å². The third-order valence-corrected chi connectivity index (χ3v) is 3.00. The Morgan fingerprint density at radius 2 is 2.06 bits per heavy atom. The first-order valence-electron chi connectivity index (χ1n) is 6.66. The minimum atomic E-state index is 0.864. The molecule has 2 rings (SSSR count). The van der Waals surface area contributed by atoms with Crippen molar-refractivity contribution >= 4 is 11.0 Å². The molecule has 0 fully saturated rings. The zero-order valence-corrected chi connectivity index (χ0v) is 11.3. The Morgan fingerprint density at radius 3 is 2.83 bits per heavy atom. The van der Waals surface area contributed by atoms with Crippen molar-refractivity contribution in [2.24, 2.45) is 0 Å². The van der Waals surface area contributed by atoms with E-state index in [4.69, 9.17) is 4.42 Å². The molecule has 18 heavy (non-hydrogen) atoms. The Balaban J connectivity index is 1.84. The molecule has 98 valence electrons. The van der Waals surface area contributed by atoms with Crippen molar-refractivity contribution < 1.29 is 4.42 Å². The molecule has 0 bridgehead atoms. The molecule has 0 saturated heterocycles. The first-order chi connectivity index (χ1) is 8.79. The summed E-state index contributed by atoms with van der Waals surface area (Å²) < 4.78 is 5.80. The highest BCUT2D eigenvalue weighted by Gasteiger charge is 2.05. The van der Waals surface area contributed by atoms with E-state index in [-0.39, 0.29) is 0 Å². The number of hydrogen-bond donors (Lipinski definition) is 1. The molecule has 0 unspecified atom stereocenters. The molecule has 0 atom stereocenters. The van der Waals surface area contributed by atoms with E-state index in [0.29, 0.717) is 0 Å². The average molecular weight is 246 g/mol. The molecule has 1 aromatic carbocycles. The lowest BCUT2D eigenvalue weighted by Gasteiger charge is -2.15. The number of fused-ring (bicyclic) bond motifs is 1. The maximum atomic E-state index is 5.80. The molecule has 0 aliphatic heterocycles. The second kappa shape index (κ2) is 6.57. The van der Waals surface area contributed by atoms with Crippen LogP contribution >= 0.6 is 0 Å². The lowest BCUT2D eigenvalue weighted by atomic mass is 10.2. The highest BCUT2D eigenvalue weighted by atomic mass is 16.3. The van der Waals surface area contributed by atoms with Crippen molar-refractivity contribution in [2.45, 2.75) is 19.9 Å². The molecule has 0 aliphatic rings. The van der Waals surface area contributed by atoms with E-state index in [1.165, 1.54) is 11.8 Å². The maximum Gasteiger partial charge on any atom is 0.134 e. The number of benzene rings is 1. The van der Waals surface area contributed by atoms with Crippen LogP contribution in [0.2, 0.25) is 0 Å². The SMILES string of the molecule is CCCNCCN(C)Cc1cc2ccccc2o1. The second-order valence-corrected chi connectivity index (χ2v) is 4.74. The lowest BCUT2D eigenvalue weighted by Crippen LogP contribution is -2.29. The molecule has 3 nitrogen and oxygen atoms in total. The fourth-order valence-electron chi connectivity index (χ4n) is 2.03. The minimum absolute atomic E-state index is 0.864. The van der Waals surface area contributed by atoms with Crippen molar-refractivity contribution in [1.82, 2.24) is 10.2 Å². The summed E-state index contributed by atoms with van der Waals surface area (Å²) in [4.78, 5) is 2.28. The molecule has 0 spiro atoms. The minimum Gasteiger partial charge on any atom is -0.460 e. The molecule has 0 amide bonds. The van der Waals surface area contributed by atoms with E-state index >= 15 is 0 Å². The van der Waals surface area contributed by atoms with Gasteiger partial charge in [0.1, 0.15) is 11.3 Å². The number of furan rings is 1. The summed E-state index contributed by atoms with van der Waals surface area (Å²) in [5, 5.41) is 4.59. The standard InChI is InChI=1S/C15H22N2O/c1-3-8-16-9-10-17(2)12-14-11-13-6-4-5-7-15(13)18-14/h4-7,11,16H,3,8-10,12H2,1-2H3. The summed E-state index contributed by atoms with van der Waals surface area (Å²) in [5.41, 5.74) is 0.977. The highest BCUT2D eigenvalue weighted by Crippen LogP contribution is 2.19. The highest BCUT2D eigenvalue weighted by molar-refractivity contribution is 5.77. The van der Waals surface area contributed by atoms with Gasteiger partial charge >= 0.3 is 0 Å². The van der Waals surface area contributed by atoms with Crippen molar-refractivity contribution in [1.29, 1.82) is 0 Å². The zero-order chi connectivity index (χ0) is 12.8. The van der Waals surface area contributed by atoms with Gasteiger partial charge in [0.25, 0.3) is 0 Å². The Bertz CT molecular complexity index is 445. The molecule has 0 aliphatic carbocycles. The molecular formula is C15H22N2O. The molecule has 1 N–H and O–H groups in total. The van der Waals surface area contributed by atoms with Gasteiger partial charge in [0.15, 0.2) is 0 Å². The maximum absolute atomic E-state index is 5.80. The van der Waals surface area contributed by atoms with Gasteiger partial charge in [-0.25, -0.2) is 0 Å². The Hall–Kier alpha value is -1.32. The van der Waals surface area contributed by atoms with Gasteiger partial charge in [0.2, 0.25) is 0 Å². The van der Waals surface area contributed by atoms with Crippen LogP contribution in [0.4, 0.5) is 0 Å². The topological polar surface area (TPSA) is 28.4 Å². The van der Waals surface area contributed by atoms with Gasteiger partial charge in [0.05, 0.1) is 6.54 Å². The summed E-state index contributed by atoms with van der Waals surface area (Å²) in [7, 11) is 2.13. The van der Waals surface area contributed by atoms with Gasteiger partial charge in [-0.3, -0.25) is 4.90 Å². The van der Waals surface area contributed by atoms with Gasteiger partial charge in [-0.1, -0.05) is 25.1 Å². The van der Waals surface area contributed by atoms with E-state index in [1.54, 1.807) is 0 Å². The van der Waals surface area contributed by atoms with E-state index in [9.17, 15) is 0 Å². The third-order valence-electron chi connectivity index (χ3n) is 3.00. The largest absolute Gasteiger partial charge is 0.460 e. The smallest absolute Gasteiger partial charge is 0.134 e. The monoisotopic (exact) mass is 246 g/mol. The molecular weight excluding hydrogens is 224 g/mol. The number of para-hydroxylation sites is 1. The summed E-state index contributed by atoms with van der Waals surface area (Å²) in [6, 6.07) is 10.3. The molecule has 2 aromatic rings.